The van der Waals surface area contributed by atoms with Crippen LogP contribution < -0.4 is 5.73 Å². The van der Waals surface area contributed by atoms with E-state index in [1.807, 2.05) is 24.5 Å². The Morgan fingerprint density at radius 1 is 1.05 bits per heavy atom. The number of benzene rings is 2. The lowest BCUT2D eigenvalue weighted by Crippen LogP contribution is -1.94. The minimum absolute atomic E-state index is 0.549. The lowest BCUT2D eigenvalue weighted by Gasteiger charge is -2.08. The number of nitrogens with two attached hydrogens (primary N) is 1. The summed E-state index contributed by atoms with van der Waals surface area (Å²) in [5, 5.41) is 0. The molecule has 3 rings (SSSR count). The van der Waals surface area contributed by atoms with Crippen LogP contribution in [0.4, 0.5) is 5.69 Å². The first-order valence-corrected chi connectivity index (χ1v) is 6.48. The highest BCUT2D eigenvalue weighted by Crippen LogP contribution is 2.22. The maximum atomic E-state index is 5.78. The van der Waals surface area contributed by atoms with Crippen molar-refractivity contribution in [1.29, 1.82) is 0 Å². The van der Waals surface area contributed by atoms with Gasteiger partial charge in [-0.2, -0.15) is 0 Å². The van der Waals surface area contributed by atoms with Gasteiger partial charge in [-0.1, -0.05) is 26.0 Å². The fourth-order valence-corrected chi connectivity index (χ4v) is 2.26. The van der Waals surface area contributed by atoms with Crippen molar-refractivity contribution in [3.8, 4) is 5.69 Å². The number of anilines is 1. The molecule has 0 amide bonds. The van der Waals surface area contributed by atoms with Crippen molar-refractivity contribution in [2.45, 2.75) is 19.8 Å². The van der Waals surface area contributed by atoms with Gasteiger partial charge in [0.05, 0.1) is 11.0 Å². The third kappa shape index (κ3) is 2.08. The minimum atomic E-state index is 0.549. The molecule has 1 heterocycles. The molecule has 3 heteroatoms. The van der Waals surface area contributed by atoms with E-state index in [4.69, 9.17) is 5.73 Å². The lowest BCUT2D eigenvalue weighted by molar-refractivity contribution is 0.865. The molecular formula is C16H17N3. The van der Waals surface area contributed by atoms with E-state index in [1.165, 1.54) is 5.56 Å². The van der Waals surface area contributed by atoms with E-state index >= 15 is 0 Å². The monoisotopic (exact) mass is 251 g/mol. The Morgan fingerprint density at radius 2 is 1.79 bits per heavy atom. The number of hydrogen-bond donors (Lipinski definition) is 1. The van der Waals surface area contributed by atoms with Crippen molar-refractivity contribution in [1.82, 2.24) is 9.55 Å². The van der Waals surface area contributed by atoms with E-state index in [0.717, 1.165) is 22.4 Å². The summed E-state index contributed by atoms with van der Waals surface area (Å²) in [6.07, 6.45) is 1.84. The smallest absolute Gasteiger partial charge is 0.100 e. The SMILES string of the molecule is CC(C)c1ccc(-n2cnc3cc(N)ccc32)cc1. The van der Waals surface area contributed by atoms with Crippen LogP contribution in [0.5, 0.6) is 0 Å². The Bertz CT molecular complexity index is 708. The number of nitrogen functional groups attached to an aromatic ring is 1. The Labute approximate surface area is 112 Å². The van der Waals surface area contributed by atoms with E-state index in [-0.39, 0.29) is 0 Å². The van der Waals surface area contributed by atoms with E-state index in [1.54, 1.807) is 0 Å². The van der Waals surface area contributed by atoms with Crippen LogP contribution in [0.15, 0.2) is 48.8 Å². The third-order valence-corrected chi connectivity index (χ3v) is 3.41. The van der Waals surface area contributed by atoms with Gasteiger partial charge in [0.1, 0.15) is 6.33 Å². The second kappa shape index (κ2) is 4.43. The van der Waals surface area contributed by atoms with Crippen LogP contribution in [0, 0.1) is 0 Å². The van der Waals surface area contributed by atoms with Crippen molar-refractivity contribution < 1.29 is 0 Å². The largest absolute Gasteiger partial charge is 0.399 e. The van der Waals surface area contributed by atoms with Crippen LogP contribution in [0.2, 0.25) is 0 Å². The quantitative estimate of drug-likeness (QED) is 0.705. The van der Waals surface area contributed by atoms with Crippen molar-refractivity contribution in [2.75, 3.05) is 5.73 Å². The molecule has 0 radical (unpaired) electrons. The molecule has 1 aromatic heterocycles. The van der Waals surface area contributed by atoms with Gasteiger partial charge >= 0.3 is 0 Å². The molecule has 0 spiro atoms. The molecule has 0 saturated heterocycles. The van der Waals surface area contributed by atoms with Crippen molar-refractivity contribution in [3.05, 3.63) is 54.4 Å². The molecule has 2 aromatic carbocycles. The van der Waals surface area contributed by atoms with Crippen LogP contribution in [0.25, 0.3) is 16.7 Å². The average molecular weight is 251 g/mol. The van der Waals surface area contributed by atoms with Crippen molar-refractivity contribution >= 4 is 16.7 Å². The number of hydrogen-bond acceptors (Lipinski definition) is 2. The van der Waals surface area contributed by atoms with E-state index in [0.29, 0.717) is 5.92 Å². The third-order valence-electron chi connectivity index (χ3n) is 3.41. The maximum Gasteiger partial charge on any atom is 0.100 e. The van der Waals surface area contributed by atoms with E-state index < -0.39 is 0 Å². The van der Waals surface area contributed by atoms with Crippen LogP contribution in [-0.2, 0) is 0 Å². The van der Waals surface area contributed by atoms with E-state index in [9.17, 15) is 0 Å². The molecular weight excluding hydrogens is 234 g/mol. The summed E-state index contributed by atoms with van der Waals surface area (Å²) in [6, 6.07) is 14.4. The molecule has 3 aromatic rings. The zero-order valence-electron chi connectivity index (χ0n) is 11.2. The summed E-state index contributed by atoms with van der Waals surface area (Å²) in [7, 11) is 0. The molecule has 2 N–H and O–H groups in total. The number of rotatable bonds is 2. The minimum Gasteiger partial charge on any atom is -0.399 e. The summed E-state index contributed by atoms with van der Waals surface area (Å²) in [6.45, 7) is 4.40. The predicted molar refractivity (Wildman–Crippen MR) is 79.6 cm³/mol. The number of aromatic nitrogens is 2. The number of nitrogens with zero attached hydrogens (tertiary/aromatic N) is 2. The Kier molecular flexibility index (Phi) is 2.75. The summed E-state index contributed by atoms with van der Waals surface area (Å²) < 4.78 is 2.08. The summed E-state index contributed by atoms with van der Waals surface area (Å²) >= 11 is 0. The second-order valence-corrected chi connectivity index (χ2v) is 5.11. The Hall–Kier alpha value is -2.29. The van der Waals surface area contributed by atoms with Gasteiger partial charge in [0, 0.05) is 11.4 Å². The Balaban J connectivity index is 2.09. The molecule has 0 saturated carbocycles. The van der Waals surface area contributed by atoms with Gasteiger partial charge in [-0.15, -0.1) is 0 Å². The summed E-state index contributed by atoms with van der Waals surface area (Å²) in [4.78, 5) is 4.40. The molecule has 19 heavy (non-hydrogen) atoms. The fraction of sp³-hybridized carbons (Fsp3) is 0.188. The lowest BCUT2D eigenvalue weighted by atomic mass is 10.0. The second-order valence-electron chi connectivity index (χ2n) is 5.11. The van der Waals surface area contributed by atoms with Gasteiger partial charge < -0.3 is 5.73 Å². The molecule has 96 valence electrons. The standard InChI is InChI=1S/C16H17N3/c1-11(2)12-3-6-14(7-4-12)19-10-18-15-9-13(17)5-8-16(15)19/h3-11H,17H2,1-2H3. The predicted octanol–water partition coefficient (Wildman–Crippen LogP) is 3.73. The normalized spacial score (nSPS) is 11.3. The van der Waals surface area contributed by atoms with Gasteiger partial charge in [-0.05, 0) is 41.8 Å². The molecule has 0 bridgehead atoms. The van der Waals surface area contributed by atoms with Gasteiger partial charge in [-0.25, -0.2) is 4.98 Å². The van der Waals surface area contributed by atoms with Crippen molar-refractivity contribution in [2.24, 2.45) is 0 Å². The fourth-order valence-electron chi connectivity index (χ4n) is 2.26. The first-order chi connectivity index (χ1) is 9.15. The van der Waals surface area contributed by atoms with Crippen LogP contribution in [0.3, 0.4) is 0 Å². The zero-order valence-corrected chi connectivity index (χ0v) is 11.2. The molecule has 0 atom stereocenters. The highest BCUT2D eigenvalue weighted by atomic mass is 15.0. The van der Waals surface area contributed by atoms with Crippen LogP contribution in [0.1, 0.15) is 25.3 Å². The highest BCUT2D eigenvalue weighted by Gasteiger charge is 2.05. The summed E-state index contributed by atoms with van der Waals surface area (Å²) in [5.74, 6) is 0.549. The molecule has 3 nitrogen and oxygen atoms in total. The zero-order chi connectivity index (χ0) is 13.4. The molecule has 0 aliphatic heterocycles. The van der Waals surface area contributed by atoms with Gasteiger partial charge in [0.25, 0.3) is 0 Å². The first-order valence-electron chi connectivity index (χ1n) is 6.48. The number of imidazole rings is 1. The Morgan fingerprint density at radius 3 is 2.47 bits per heavy atom. The van der Waals surface area contributed by atoms with E-state index in [2.05, 4.69) is 47.7 Å². The van der Waals surface area contributed by atoms with Gasteiger partial charge in [-0.3, -0.25) is 4.57 Å². The highest BCUT2D eigenvalue weighted by molar-refractivity contribution is 5.80. The van der Waals surface area contributed by atoms with Crippen LogP contribution >= 0.6 is 0 Å². The maximum absolute atomic E-state index is 5.78. The van der Waals surface area contributed by atoms with Gasteiger partial charge in [0.2, 0.25) is 0 Å². The summed E-state index contributed by atoms with van der Waals surface area (Å²) in [5.41, 5.74) is 11.0. The first kappa shape index (κ1) is 11.8. The van der Waals surface area contributed by atoms with Crippen LogP contribution in [-0.4, -0.2) is 9.55 Å². The average Bonchev–Trinajstić information content (AvgIpc) is 2.81. The van der Waals surface area contributed by atoms with Gasteiger partial charge in [0.15, 0.2) is 0 Å². The molecule has 0 unspecified atom stereocenters. The molecule has 0 aliphatic carbocycles. The molecule has 0 fully saturated rings. The molecule has 0 aliphatic rings. The number of fused-ring (bicyclic) bond motifs is 1. The van der Waals surface area contributed by atoms with Crippen molar-refractivity contribution in [3.63, 3.8) is 0 Å². The topological polar surface area (TPSA) is 43.8 Å².